The van der Waals surface area contributed by atoms with Crippen LogP contribution < -0.4 is 10.1 Å². The predicted molar refractivity (Wildman–Crippen MR) is 104 cm³/mol. The average molecular weight is 362 g/mol. The first-order chi connectivity index (χ1) is 13.3. The van der Waals surface area contributed by atoms with Crippen LogP contribution in [0.5, 0.6) is 5.75 Å². The van der Waals surface area contributed by atoms with Crippen molar-refractivity contribution in [3.63, 3.8) is 0 Å². The number of nitrogens with zero attached hydrogens (tertiary/aromatic N) is 3. The van der Waals surface area contributed by atoms with Gasteiger partial charge in [-0.25, -0.2) is 9.97 Å². The quantitative estimate of drug-likeness (QED) is 0.763. The van der Waals surface area contributed by atoms with E-state index < -0.39 is 0 Å². The molecule has 3 heterocycles. The van der Waals surface area contributed by atoms with E-state index in [4.69, 9.17) is 9.72 Å². The number of aromatic nitrogens is 3. The maximum absolute atomic E-state index is 13.0. The normalized spacial score (nSPS) is 13.5. The zero-order valence-electron chi connectivity index (χ0n) is 15.3. The summed E-state index contributed by atoms with van der Waals surface area (Å²) in [4.78, 5) is 22.0. The van der Waals surface area contributed by atoms with Gasteiger partial charge in [0.1, 0.15) is 11.5 Å². The first kappa shape index (κ1) is 17.3. The van der Waals surface area contributed by atoms with Crippen LogP contribution in [0.2, 0.25) is 0 Å². The van der Waals surface area contributed by atoms with Gasteiger partial charge in [-0.05, 0) is 31.4 Å². The monoisotopic (exact) mass is 362 g/mol. The second-order valence-electron chi connectivity index (χ2n) is 6.57. The Balaban J connectivity index is 1.74. The number of carbonyl (C=O) groups is 1. The standard InChI is InChI=1S/C21H22N4O2/c1-27-17-12-8-13-22-19(17)24-21(26)18-16-11-6-3-7-14-25(16)20(23-18)15-9-4-2-5-10-15/h2,4-5,8-10,12-13H,3,6-7,11,14H2,1H3,(H,22,24,26). The Hall–Kier alpha value is -3.15. The van der Waals surface area contributed by atoms with Gasteiger partial charge >= 0.3 is 0 Å². The Morgan fingerprint density at radius 3 is 2.78 bits per heavy atom. The minimum atomic E-state index is -0.250. The molecule has 2 aromatic heterocycles. The molecule has 0 fully saturated rings. The Bertz CT molecular complexity index is 950. The van der Waals surface area contributed by atoms with Gasteiger partial charge in [0.2, 0.25) is 0 Å². The van der Waals surface area contributed by atoms with Crippen LogP contribution in [0, 0.1) is 0 Å². The van der Waals surface area contributed by atoms with Gasteiger partial charge in [0, 0.05) is 18.3 Å². The van der Waals surface area contributed by atoms with E-state index >= 15 is 0 Å². The number of amides is 1. The molecule has 138 valence electrons. The number of ether oxygens (including phenoxy) is 1. The number of nitrogens with one attached hydrogen (secondary N) is 1. The van der Waals surface area contributed by atoms with Gasteiger partial charge in [-0.1, -0.05) is 36.8 Å². The van der Waals surface area contributed by atoms with Gasteiger partial charge < -0.3 is 14.6 Å². The van der Waals surface area contributed by atoms with Crippen molar-refractivity contribution in [2.75, 3.05) is 12.4 Å². The molecular formula is C21H22N4O2. The third-order valence-corrected chi connectivity index (χ3v) is 4.84. The summed E-state index contributed by atoms with van der Waals surface area (Å²) in [7, 11) is 1.56. The second-order valence-corrected chi connectivity index (χ2v) is 6.57. The number of pyridine rings is 1. The molecule has 3 aromatic rings. The zero-order valence-corrected chi connectivity index (χ0v) is 15.3. The minimum Gasteiger partial charge on any atom is -0.493 e. The lowest BCUT2D eigenvalue weighted by molar-refractivity contribution is 0.102. The van der Waals surface area contributed by atoms with E-state index in [0.29, 0.717) is 17.3 Å². The number of rotatable bonds is 4. The number of fused-ring (bicyclic) bond motifs is 1. The van der Waals surface area contributed by atoms with Crippen LogP contribution >= 0.6 is 0 Å². The highest BCUT2D eigenvalue weighted by molar-refractivity contribution is 6.04. The van der Waals surface area contributed by atoms with E-state index in [0.717, 1.165) is 49.3 Å². The molecule has 0 spiro atoms. The Morgan fingerprint density at radius 2 is 1.96 bits per heavy atom. The molecule has 6 heteroatoms. The van der Waals surface area contributed by atoms with Crippen LogP contribution in [-0.4, -0.2) is 27.6 Å². The van der Waals surface area contributed by atoms with Crippen LogP contribution in [-0.2, 0) is 13.0 Å². The molecule has 27 heavy (non-hydrogen) atoms. The summed E-state index contributed by atoms with van der Waals surface area (Å²) in [5.74, 6) is 1.53. The molecule has 1 N–H and O–H groups in total. The fraction of sp³-hybridized carbons (Fsp3) is 0.286. The predicted octanol–water partition coefficient (Wildman–Crippen LogP) is 3.93. The minimum absolute atomic E-state index is 0.250. The smallest absolute Gasteiger partial charge is 0.277 e. The van der Waals surface area contributed by atoms with E-state index in [2.05, 4.69) is 14.9 Å². The molecule has 0 unspecified atom stereocenters. The number of methoxy groups -OCH3 is 1. The van der Waals surface area contributed by atoms with Crippen molar-refractivity contribution in [3.05, 3.63) is 60.0 Å². The van der Waals surface area contributed by atoms with Crippen molar-refractivity contribution in [1.29, 1.82) is 0 Å². The summed E-state index contributed by atoms with van der Waals surface area (Å²) in [6.45, 7) is 0.882. The van der Waals surface area contributed by atoms with Crippen molar-refractivity contribution < 1.29 is 9.53 Å². The van der Waals surface area contributed by atoms with Crippen LogP contribution in [0.1, 0.15) is 35.4 Å². The van der Waals surface area contributed by atoms with Crippen LogP contribution in [0.3, 0.4) is 0 Å². The van der Waals surface area contributed by atoms with Crippen molar-refractivity contribution in [3.8, 4) is 17.1 Å². The van der Waals surface area contributed by atoms with Crippen molar-refractivity contribution in [2.45, 2.75) is 32.2 Å². The first-order valence-electron chi connectivity index (χ1n) is 9.23. The maximum atomic E-state index is 13.0. The number of hydrogen-bond acceptors (Lipinski definition) is 4. The lowest BCUT2D eigenvalue weighted by Crippen LogP contribution is -2.16. The SMILES string of the molecule is COc1cccnc1NC(=O)c1nc(-c2ccccc2)n2c1CCCCC2. The zero-order chi connectivity index (χ0) is 18.6. The molecule has 0 saturated carbocycles. The van der Waals surface area contributed by atoms with Crippen LogP contribution in [0.4, 0.5) is 5.82 Å². The third kappa shape index (κ3) is 3.43. The first-order valence-corrected chi connectivity index (χ1v) is 9.23. The fourth-order valence-electron chi connectivity index (χ4n) is 3.53. The summed E-state index contributed by atoms with van der Waals surface area (Å²) < 4.78 is 7.49. The maximum Gasteiger partial charge on any atom is 0.277 e. The van der Waals surface area contributed by atoms with Gasteiger partial charge in [-0.3, -0.25) is 4.79 Å². The van der Waals surface area contributed by atoms with E-state index in [1.165, 1.54) is 0 Å². The Kier molecular flexibility index (Phi) is 4.87. The van der Waals surface area contributed by atoms with E-state index in [1.54, 1.807) is 25.4 Å². The molecule has 1 aromatic carbocycles. The summed E-state index contributed by atoms with van der Waals surface area (Å²) in [5.41, 5.74) is 2.50. The lowest BCUT2D eigenvalue weighted by atomic mass is 10.1. The van der Waals surface area contributed by atoms with Gasteiger partial charge in [0.15, 0.2) is 11.6 Å². The van der Waals surface area contributed by atoms with E-state index in [1.807, 2.05) is 30.3 Å². The number of benzene rings is 1. The molecule has 1 amide bonds. The second kappa shape index (κ2) is 7.61. The van der Waals surface area contributed by atoms with Crippen LogP contribution in [0.25, 0.3) is 11.4 Å². The third-order valence-electron chi connectivity index (χ3n) is 4.84. The van der Waals surface area contributed by atoms with Gasteiger partial charge in [-0.15, -0.1) is 0 Å². The van der Waals surface area contributed by atoms with E-state index in [9.17, 15) is 4.79 Å². The largest absolute Gasteiger partial charge is 0.493 e. The molecule has 0 atom stereocenters. The number of imidazole rings is 1. The average Bonchev–Trinajstić information content (AvgIpc) is 2.90. The molecule has 0 aliphatic carbocycles. The molecule has 4 rings (SSSR count). The number of carbonyl (C=O) groups excluding carboxylic acids is 1. The summed E-state index contributed by atoms with van der Waals surface area (Å²) in [5, 5.41) is 2.86. The Labute approximate surface area is 158 Å². The molecule has 1 aliphatic heterocycles. The topological polar surface area (TPSA) is 69.0 Å². The molecule has 0 radical (unpaired) electrons. The fourth-order valence-corrected chi connectivity index (χ4v) is 3.53. The number of hydrogen-bond donors (Lipinski definition) is 1. The molecule has 1 aliphatic rings. The summed E-state index contributed by atoms with van der Waals surface area (Å²) >= 11 is 0. The highest BCUT2D eigenvalue weighted by atomic mass is 16.5. The Morgan fingerprint density at radius 1 is 1.11 bits per heavy atom. The summed E-state index contributed by atoms with van der Waals surface area (Å²) in [6.07, 6.45) is 5.79. The van der Waals surface area contributed by atoms with Crippen LogP contribution in [0.15, 0.2) is 48.7 Å². The lowest BCUT2D eigenvalue weighted by Gasteiger charge is -2.09. The highest BCUT2D eigenvalue weighted by Crippen LogP contribution is 2.28. The molecular weight excluding hydrogens is 340 g/mol. The molecule has 0 bridgehead atoms. The van der Waals surface area contributed by atoms with Gasteiger partial charge in [-0.2, -0.15) is 0 Å². The van der Waals surface area contributed by atoms with Crippen molar-refractivity contribution >= 4 is 11.7 Å². The van der Waals surface area contributed by atoms with Gasteiger partial charge in [0.25, 0.3) is 5.91 Å². The van der Waals surface area contributed by atoms with E-state index in [-0.39, 0.29) is 5.91 Å². The summed E-state index contributed by atoms with van der Waals surface area (Å²) in [6, 6.07) is 13.6. The molecule has 0 saturated heterocycles. The van der Waals surface area contributed by atoms with Gasteiger partial charge in [0.05, 0.1) is 12.8 Å². The highest BCUT2D eigenvalue weighted by Gasteiger charge is 2.25. The number of anilines is 1. The van der Waals surface area contributed by atoms with Crippen molar-refractivity contribution in [2.24, 2.45) is 0 Å². The van der Waals surface area contributed by atoms with Crippen molar-refractivity contribution in [1.82, 2.24) is 14.5 Å². The molecule has 6 nitrogen and oxygen atoms in total.